The van der Waals surface area contributed by atoms with Crippen molar-refractivity contribution in [2.24, 2.45) is 0 Å². The molecule has 0 amide bonds. The van der Waals surface area contributed by atoms with Gasteiger partial charge in [0.25, 0.3) is 0 Å². The monoisotopic (exact) mass is 311 g/mol. The molecule has 0 aromatic heterocycles. The number of anilines is 1. The van der Waals surface area contributed by atoms with Gasteiger partial charge in [-0.2, -0.15) is 0 Å². The van der Waals surface area contributed by atoms with Crippen molar-refractivity contribution in [1.29, 1.82) is 0 Å². The molecule has 0 radical (unpaired) electrons. The van der Waals surface area contributed by atoms with Crippen LogP contribution in [0.25, 0.3) is 0 Å². The first-order chi connectivity index (χ1) is 9.99. The van der Waals surface area contributed by atoms with Crippen molar-refractivity contribution >= 4 is 15.7 Å². The van der Waals surface area contributed by atoms with Crippen molar-refractivity contribution < 1.29 is 8.42 Å². The minimum absolute atomic E-state index is 0.120. The quantitative estimate of drug-likeness (QED) is 0.610. The molecule has 1 aliphatic rings. The first-order valence-corrected chi connectivity index (χ1v) is 9.06. The second-order valence-corrected chi connectivity index (χ2v) is 7.46. The van der Waals surface area contributed by atoms with Gasteiger partial charge in [0.15, 0.2) is 0 Å². The van der Waals surface area contributed by atoms with E-state index in [4.69, 9.17) is 0 Å². The molecule has 3 N–H and O–H groups in total. The van der Waals surface area contributed by atoms with E-state index in [9.17, 15) is 8.42 Å². The number of rotatable bonds is 9. The van der Waals surface area contributed by atoms with Crippen LogP contribution in [0.3, 0.4) is 0 Å². The van der Waals surface area contributed by atoms with Crippen molar-refractivity contribution in [1.82, 2.24) is 10.0 Å². The van der Waals surface area contributed by atoms with Gasteiger partial charge >= 0.3 is 0 Å². The maximum absolute atomic E-state index is 12.3. The molecule has 1 aromatic carbocycles. The van der Waals surface area contributed by atoms with Gasteiger partial charge in [-0.25, -0.2) is 13.1 Å². The number of para-hydroxylation sites is 1. The van der Waals surface area contributed by atoms with Crippen molar-refractivity contribution in [2.75, 3.05) is 18.4 Å². The summed E-state index contributed by atoms with van der Waals surface area (Å²) < 4.78 is 27.2. The van der Waals surface area contributed by atoms with Crippen molar-refractivity contribution in [3.8, 4) is 0 Å². The number of nitrogens with one attached hydrogen (secondary N) is 3. The summed E-state index contributed by atoms with van der Waals surface area (Å²) in [4.78, 5) is 0.314. The fraction of sp³-hybridized carbons (Fsp3) is 0.600. The van der Waals surface area contributed by atoms with E-state index in [0.717, 1.165) is 19.5 Å². The maximum Gasteiger partial charge on any atom is 0.242 e. The summed E-state index contributed by atoms with van der Waals surface area (Å²) >= 11 is 0. The number of hydrogen-bond acceptors (Lipinski definition) is 4. The molecule has 0 aliphatic heterocycles. The molecular formula is C15H25N3O2S. The molecule has 21 heavy (non-hydrogen) atoms. The largest absolute Gasteiger partial charge is 0.384 e. The lowest BCUT2D eigenvalue weighted by Gasteiger charge is -2.14. The Bertz CT molecular complexity index is 554. The molecule has 6 heteroatoms. The number of benzene rings is 1. The molecule has 0 spiro atoms. The highest BCUT2D eigenvalue weighted by molar-refractivity contribution is 7.89. The second kappa shape index (κ2) is 7.24. The second-order valence-electron chi connectivity index (χ2n) is 5.78. The predicted octanol–water partition coefficient (Wildman–Crippen LogP) is 1.93. The van der Waals surface area contributed by atoms with Gasteiger partial charge in [-0.05, 0) is 51.8 Å². The van der Waals surface area contributed by atoms with Gasteiger partial charge in [0.2, 0.25) is 10.0 Å². The molecule has 1 aliphatic carbocycles. The summed E-state index contributed by atoms with van der Waals surface area (Å²) in [5.74, 6) is 0. The minimum atomic E-state index is -3.46. The molecule has 0 bridgehead atoms. The van der Waals surface area contributed by atoms with Gasteiger partial charge < -0.3 is 10.6 Å². The Morgan fingerprint density at radius 3 is 2.57 bits per heavy atom. The Hall–Kier alpha value is -1.11. The van der Waals surface area contributed by atoms with Crippen LogP contribution in [0.2, 0.25) is 0 Å². The normalized spacial score (nSPS) is 15.4. The fourth-order valence-corrected chi connectivity index (χ4v) is 3.56. The zero-order valence-electron chi connectivity index (χ0n) is 12.7. The van der Waals surface area contributed by atoms with E-state index < -0.39 is 10.0 Å². The lowest BCUT2D eigenvalue weighted by atomic mass is 10.3. The molecule has 0 atom stereocenters. The van der Waals surface area contributed by atoms with Crippen molar-refractivity contribution in [3.63, 3.8) is 0 Å². The number of hydrogen-bond donors (Lipinski definition) is 3. The Kier molecular flexibility index (Phi) is 5.61. The van der Waals surface area contributed by atoms with E-state index in [2.05, 4.69) is 15.4 Å². The smallest absolute Gasteiger partial charge is 0.242 e. The topological polar surface area (TPSA) is 70.2 Å². The summed E-state index contributed by atoms with van der Waals surface area (Å²) in [6.45, 7) is 5.36. The van der Waals surface area contributed by atoms with Gasteiger partial charge in [-0.3, -0.25) is 0 Å². The van der Waals surface area contributed by atoms with Crippen LogP contribution < -0.4 is 15.4 Å². The first kappa shape index (κ1) is 16.3. The van der Waals surface area contributed by atoms with Gasteiger partial charge in [0.05, 0.1) is 5.69 Å². The molecular weight excluding hydrogens is 286 g/mol. The van der Waals surface area contributed by atoms with E-state index in [0.29, 0.717) is 16.6 Å². The van der Waals surface area contributed by atoms with Crippen molar-refractivity contribution in [3.05, 3.63) is 24.3 Å². The lowest BCUT2D eigenvalue weighted by Crippen LogP contribution is -2.30. The highest BCUT2D eigenvalue weighted by Crippen LogP contribution is 2.21. The van der Waals surface area contributed by atoms with E-state index in [1.165, 1.54) is 12.8 Å². The van der Waals surface area contributed by atoms with Gasteiger partial charge in [0, 0.05) is 18.6 Å². The van der Waals surface area contributed by atoms with Crippen LogP contribution in [0.5, 0.6) is 0 Å². The Morgan fingerprint density at radius 2 is 1.90 bits per heavy atom. The highest BCUT2D eigenvalue weighted by Gasteiger charge is 2.20. The molecule has 1 aromatic rings. The summed E-state index contributed by atoms with van der Waals surface area (Å²) in [6, 6.07) is 7.63. The average molecular weight is 311 g/mol. The summed E-state index contributed by atoms with van der Waals surface area (Å²) in [6.07, 6.45) is 3.55. The molecule has 0 heterocycles. The minimum Gasteiger partial charge on any atom is -0.384 e. The van der Waals surface area contributed by atoms with Gasteiger partial charge in [-0.1, -0.05) is 12.1 Å². The van der Waals surface area contributed by atoms with Crippen LogP contribution in [-0.2, 0) is 10.0 Å². The molecule has 5 nitrogen and oxygen atoms in total. The van der Waals surface area contributed by atoms with E-state index in [1.807, 2.05) is 26.0 Å². The Labute approximate surface area is 127 Å². The van der Waals surface area contributed by atoms with E-state index >= 15 is 0 Å². The summed E-state index contributed by atoms with van der Waals surface area (Å²) in [5, 5.41) is 6.67. The van der Waals surface area contributed by atoms with Crippen molar-refractivity contribution in [2.45, 2.75) is 50.1 Å². The molecule has 0 unspecified atom stereocenters. The Morgan fingerprint density at radius 1 is 1.19 bits per heavy atom. The molecule has 0 saturated heterocycles. The number of sulfonamides is 1. The summed E-state index contributed by atoms with van der Waals surface area (Å²) in [7, 11) is -3.46. The zero-order valence-corrected chi connectivity index (χ0v) is 13.5. The average Bonchev–Trinajstić information content (AvgIpc) is 3.21. The molecule has 2 rings (SSSR count). The van der Waals surface area contributed by atoms with Crippen LogP contribution in [0, 0.1) is 0 Å². The zero-order chi connectivity index (χ0) is 15.3. The first-order valence-electron chi connectivity index (χ1n) is 7.57. The molecule has 118 valence electrons. The van der Waals surface area contributed by atoms with Gasteiger partial charge in [0.1, 0.15) is 4.90 Å². The molecule has 1 fully saturated rings. The maximum atomic E-state index is 12.3. The Balaban J connectivity index is 1.92. The van der Waals surface area contributed by atoms with Crippen LogP contribution >= 0.6 is 0 Å². The summed E-state index contributed by atoms with van der Waals surface area (Å²) in [5.41, 5.74) is 0.664. The third kappa shape index (κ3) is 5.30. The predicted molar refractivity (Wildman–Crippen MR) is 86.0 cm³/mol. The molecule has 1 saturated carbocycles. The van der Waals surface area contributed by atoms with Gasteiger partial charge in [-0.15, -0.1) is 0 Å². The van der Waals surface area contributed by atoms with E-state index in [-0.39, 0.29) is 6.04 Å². The van der Waals surface area contributed by atoms with Crippen LogP contribution in [0.15, 0.2) is 29.2 Å². The highest BCUT2D eigenvalue weighted by atomic mass is 32.2. The third-order valence-corrected chi connectivity index (χ3v) is 4.96. The van der Waals surface area contributed by atoms with Crippen LogP contribution in [0.1, 0.15) is 33.1 Å². The van der Waals surface area contributed by atoms with E-state index in [1.54, 1.807) is 12.1 Å². The third-order valence-electron chi connectivity index (χ3n) is 3.25. The van der Waals surface area contributed by atoms with Crippen LogP contribution in [-0.4, -0.2) is 33.6 Å². The fourth-order valence-electron chi connectivity index (χ4n) is 2.13. The SMILES string of the molecule is CC(C)NS(=O)(=O)c1ccccc1NCCCNC1CC1. The lowest BCUT2D eigenvalue weighted by molar-refractivity contribution is 0.570. The standard InChI is InChI=1S/C15H25N3O2S/c1-12(2)18-21(19,20)15-7-4-3-6-14(15)17-11-5-10-16-13-8-9-13/h3-4,6-7,12-13,16-18H,5,8-11H2,1-2H3. The van der Waals surface area contributed by atoms with Crippen LogP contribution in [0.4, 0.5) is 5.69 Å².